The zero-order valence-corrected chi connectivity index (χ0v) is 35.0. The maximum absolute atomic E-state index is 2.51. The molecule has 3 heterocycles. The predicted molar refractivity (Wildman–Crippen MR) is 261 cm³/mol. The largest absolute Gasteiger partial charge is 0.309 e. The summed E-state index contributed by atoms with van der Waals surface area (Å²) in [7, 11) is 0. The summed E-state index contributed by atoms with van der Waals surface area (Å²) in [5.41, 5.74) is 20.2. The molecule has 1 aliphatic carbocycles. The van der Waals surface area contributed by atoms with Crippen molar-refractivity contribution >= 4 is 65.4 Å². The molecule has 3 nitrogen and oxygen atoms in total. The number of nitrogens with zero attached hydrogens (tertiary/aromatic N) is 3. The highest BCUT2D eigenvalue weighted by atomic mass is 15.0. The second-order valence-corrected chi connectivity index (χ2v) is 17.8. The van der Waals surface area contributed by atoms with E-state index in [0.717, 1.165) is 17.8 Å². The van der Waals surface area contributed by atoms with Gasteiger partial charge < -0.3 is 13.7 Å². The van der Waals surface area contributed by atoms with Gasteiger partial charge >= 0.3 is 0 Å². The lowest BCUT2D eigenvalue weighted by atomic mass is 9.80. The van der Waals surface area contributed by atoms with Crippen LogP contribution in [-0.4, -0.2) is 13.7 Å². The maximum Gasteiger partial charge on any atom is 0.0788 e. The van der Waals surface area contributed by atoms with E-state index in [1.165, 1.54) is 110 Å². The van der Waals surface area contributed by atoms with Gasteiger partial charge in [0, 0.05) is 54.8 Å². The van der Waals surface area contributed by atoms with Crippen molar-refractivity contribution in [3.63, 3.8) is 0 Å². The molecule has 0 amide bonds. The van der Waals surface area contributed by atoms with Crippen molar-refractivity contribution in [3.05, 3.63) is 222 Å². The third-order valence-corrected chi connectivity index (χ3v) is 13.8. The van der Waals surface area contributed by atoms with E-state index in [9.17, 15) is 0 Å². The fourth-order valence-corrected chi connectivity index (χ4v) is 11.1. The van der Waals surface area contributed by atoms with Crippen LogP contribution in [0.5, 0.6) is 0 Å². The highest BCUT2D eigenvalue weighted by Gasteiger charge is 2.39. The van der Waals surface area contributed by atoms with Gasteiger partial charge in [-0.15, -0.1) is 0 Å². The van der Waals surface area contributed by atoms with Crippen LogP contribution in [0, 0.1) is 6.92 Å². The lowest BCUT2D eigenvalue weighted by Crippen LogP contribution is -2.17. The van der Waals surface area contributed by atoms with Gasteiger partial charge in [-0.1, -0.05) is 147 Å². The minimum Gasteiger partial charge on any atom is -0.309 e. The number of aryl methyl sites for hydroxylation is 1. The number of fused-ring (bicyclic) bond motifs is 14. The molecule has 0 fully saturated rings. The minimum absolute atomic E-state index is 0.203. The first-order valence-electron chi connectivity index (χ1n) is 21.8. The van der Waals surface area contributed by atoms with Gasteiger partial charge in [-0.3, -0.25) is 0 Å². The number of rotatable bonds is 5. The van der Waals surface area contributed by atoms with E-state index in [2.05, 4.69) is 229 Å². The van der Waals surface area contributed by atoms with Crippen LogP contribution in [0.2, 0.25) is 0 Å². The van der Waals surface area contributed by atoms with Crippen molar-refractivity contribution in [2.45, 2.75) is 32.6 Å². The van der Waals surface area contributed by atoms with Crippen molar-refractivity contribution in [2.24, 2.45) is 0 Å². The first kappa shape index (κ1) is 35.2. The van der Waals surface area contributed by atoms with Crippen LogP contribution in [0.25, 0.3) is 93.6 Å². The average Bonchev–Trinajstić information content (AvgIpc) is 4.00. The van der Waals surface area contributed by atoms with Gasteiger partial charge in [-0.25, -0.2) is 0 Å². The topological polar surface area (TPSA) is 14.8 Å². The molecule has 3 heteroatoms. The van der Waals surface area contributed by atoms with E-state index in [1.807, 2.05) is 0 Å². The van der Waals surface area contributed by atoms with E-state index in [-0.39, 0.29) is 5.41 Å². The third-order valence-electron chi connectivity index (χ3n) is 13.8. The molecule has 62 heavy (non-hydrogen) atoms. The molecule has 0 N–H and O–H groups in total. The van der Waals surface area contributed by atoms with Gasteiger partial charge in [0.2, 0.25) is 0 Å². The fraction of sp³-hybridized carbons (Fsp3) is 0.0847. The molecule has 13 rings (SSSR count). The minimum atomic E-state index is -0.203. The molecular weight excluding hydrogens is 751 g/mol. The molecule has 0 aliphatic heterocycles. The van der Waals surface area contributed by atoms with Crippen LogP contribution in [0.1, 0.15) is 41.7 Å². The van der Waals surface area contributed by atoms with Crippen LogP contribution >= 0.6 is 0 Å². The first-order chi connectivity index (χ1) is 30.4. The molecule has 0 unspecified atom stereocenters. The molecule has 9 aromatic carbocycles. The van der Waals surface area contributed by atoms with Crippen LogP contribution in [0.4, 0.5) is 0 Å². The quantitative estimate of drug-likeness (QED) is 0.165. The second-order valence-electron chi connectivity index (χ2n) is 17.8. The van der Waals surface area contributed by atoms with E-state index in [0.29, 0.717) is 0 Å². The Bertz CT molecular complexity index is 3790. The fourth-order valence-electron chi connectivity index (χ4n) is 11.1. The molecule has 0 bridgehead atoms. The lowest BCUT2D eigenvalue weighted by molar-refractivity contribution is 0.663. The Morgan fingerprint density at radius 1 is 0.371 bits per heavy atom. The molecule has 0 saturated carbocycles. The van der Waals surface area contributed by atoms with Crippen molar-refractivity contribution < 1.29 is 0 Å². The molecule has 3 aromatic heterocycles. The summed E-state index contributed by atoms with van der Waals surface area (Å²) in [5.74, 6) is 0. The van der Waals surface area contributed by atoms with Crippen molar-refractivity contribution in [1.82, 2.24) is 13.7 Å². The summed E-state index contributed by atoms with van der Waals surface area (Å²) < 4.78 is 7.46. The Labute approximate surface area is 360 Å². The standard InChI is InChI=1S/C59H43N3/c1-37-23-31-53-49(33-37)47-28-27-45-43-26-24-39(36-51(43)59(2,3)55(45)56(47)60(53)40-15-7-4-8-16-40)34-38-25-32-54-50(35-38)48-30-29-46-44-21-13-14-22-52(44)61(41-17-9-5-10-18-41)57(46)58(48)62(54)42-19-11-6-12-20-42/h4-33,35-36H,34H2,1-3H3. The van der Waals surface area contributed by atoms with E-state index >= 15 is 0 Å². The van der Waals surface area contributed by atoms with Crippen LogP contribution < -0.4 is 0 Å². The summed E-state index contributed by atoms with van der Waals surface area (Å²) in [6.07, 6.45) is 0.846. The number of aromatic nitrogens is 3. The zero-order valence-electron chi connectivity index (χ0n) is 35.0. The van der Waals surface area contributed by atoms with Gasteiger partial charge in [-0.05, 0) is 113 Å². The third kappa shape index (κ3) is 4.88. The summed E-state index contributed by atoms with van der Waals surface area (Å²) in [6, 6.07) is 72.2. The summed E-state index contributed by atoms with van der Waals surface area (Å²) >= 11 is 0. The summed E-state index contributed by atoms with van der Waals surface area (Å²) in [6.45, 7) is 7.06. The number of benzene rings is 9. The van der Waals surface area contributed by atoms with Crippen molar-refractivity contribution in [3.8, 4) is 28.2 Å². The van der Waals surface area contributed by atoms with Crippen LogP contribution in [-0.2, 0) is 11.8 Å². The molecule has 0 saturated heterocycles. The van der Waals surface area contributed by atoms with Gasteiger partial charge in [-0.2, -0.15) is 0 Å². The van der Waals surface area contributed by atoms with Gasteiger partial charge in [0.25, 0.3) is 0 Å². The lowest BCUT2D eigenvalue weighted by Gasteiger charge is -2.24. The molecule has 12 aromatic rings. The number of para-hydroxylation sites is 4. The highest BCUT2D eigenvalue weighted by Crippen LogP contribution is 2.53. The summed E-state index contributed by atoms with van der Waals surface area (Å²) in [4.78, 5) is 0. The summed E-state index contributed by atoms with van der Waals surface area (Å²) in [5, 5.41) is 7.68. The Morgan fingerprint density at radius 3 is 1.50 bits per heavy atom. The first-order valence-corrected chi connectivity index (χ1v) is 21.8. The zero-order chi connectivity index (χ0) is 41.3. The van der Waals surface area contributed by atoms with Crippen molar-refractivity contribution in [2.75, 3.05) is 0 Å². The second kappa shape index (κ2) is 12.9. The number of hydrogen-bond donors (Lipinski definition) is 0. The monoisotopic (exact) mass is 793 g/mol. The Balaban J connectivity index is 0.979. The molecule has 0 atom stereocenters. The average molecular weight is 794 g/mol. The van der Waals surface area contributed by atoms with E-state index < -0.39 is 0 Å². The molecule has 294 valence electrons. The highest BCUT2D eigenvalue weighted by molar-refractivity contribution is 6.24. The molecule has 1 aliphatic rings. The van der Waals surface area contributed by atoms with Crippen LogP contribution in [0.15, 0.2) is 194 Å². The normalized spacial score (nSPS) is 13.3. The SMILES string of the molecule is Cc1ccc2c(c1)c1ccc3c(c1n2-c1ccccc1)C(C)(C)c1cc(Cc2ccc4c(c2)c2ccc5c6ccccc6n(-c6ccccc6)c5c2n4-c2ccccc2)ccc1-3. The van der Waals surface area contributed by atoms with E-state index in [1.54, 1.807) is 0 Å². The molecule has 0 radical (unpaired) electrons. The van der Waals surface area contributed by atoms with E-state index in [4.69, 9.17) is 0 Å². The Morgan fingerprint density at radius 2 is 0.839 bits per heavy atom. The molecular formula is C59H43N3. The Kier molecular flexibility index (Phi) is 7.34. The van der Waals surface area contributed by atoms with Crippen LogP contribution in [0.3, 0.4) is 0 Å². The Hall–Kier alpha value is -7.62. The van der Waals surface area contributed by atoms with Gasteiger partial charge in [0.1, 0.15) is 0 Å². The molecule has 0 spiro atoms. The van der Waals surface area contributed by atoms with Crippen molar-refractivity contribution in [1.29, 1.82) is 0 Å². The maximum atomic E-state index is 2.51. The smallest absolute Gasteiger partial charge is 0.0788 e. The number of hydrogen-bond acceptors (Lipinski definition) is 0. The van der Waals surface area contributed by atoms with Gasteiger partial charge in [0.15, 0.2) is 0 Å². The van der Waals surface area contributed by atoms with Gasteiger partial charge in [0.05, 0.1) is 33.1 Å². The predicted octanol–water partition coefficient (Wildman–Crippen LogP) is 15.2.